The highest BCUT2D eigenvalue weighted by atomic mass is 32.9. The first-order valence-corrected chi connectivity index (χ1v) is 7.81. The molecule has 5 heteroatoms. The van der Waals surface area contributed by atoms with Gasteiger partial charge in [-0.2, -0.15) is 4.20 Å². The average molecular weight is 235 g/mol. The molecule has 0 aliphatic heterocycles. The molecule has 0 heterocycles. The van der Waals surface area contributed by atoms with E-state index in [0.29, 0.717) is 0 Å². The minimum absolute atomic E-state index is 0.891. The Morgan fingerprint density at radius 1 is 1.31 bits per heavy atom. The van der Waals surface area contributed by atoms with Crippen molar-refractivity contribution in [1.29, 1.82) is 0 Å². The predicted molar refractivity (Wildman–Crippen MR) is 61.4 cm³/mol. The van der Waals surface area contributed by atoms with Crippen LogP contribution in [-0.4, -0.2) is 18.8 Å². The molecule has 0 radical (unpaired) electrons. The van der Waals surface area contributed by atoms with Crippen molar-refractivity contribution in [1.82, 2.24) is 4.67 Å². The van der Waals surface area contributed by atoms with Crippen LogP contribution in [0.25, 0.3) is 0 Å². The number of halogens is 1. The minimum Gasteiger partial charge on any atom is -0.248 e. The van der Waals surface area contributed by atoms with E-state index in [9.17, 15) is 4.20 Å². The summed E-state index contributed by atoms with van der Waals surface area (Å²) in [4.78, 5) is 0.891. The zero-order valence-corrected chi connectivity index (χ0v) is 10.0. The summed E-state index contributed by atoms with van der Waals surface area (Å²) in [5.41, 5.74) is -2.90. The van der Waals surface area contributed by atoms with Gasteiger partial charge in [0.15, 0.2) is 0 Å². The first-order valence-electron chi connectivity index (χ1n) is 3.74. The molecule has 1 aromatic carbocycles. The predicted octanol–water partition coefficient (Wildman–Crippen LogP) is 3.53. The topological polar surface area (TPSA) is 3.24 Å². The van der Waals surface area contributed by atoms with Gasteiger partial charge >= 0.3 is 0 Å². The Balaban J connectivity index is 2.76. The standard InChI is InChI=1S/C8H11FNPS2/c1-10(2)11(9,12)13-8-6-4-3-5-7-8/h3-7H,1-2H3. The Kier molecular flexibility index (Phi) is 3.92. The quantitative estimate of drug-likeness (QED) is 0.738. The van der Waals surface area contributed by atoms with E-state index in [-0.39, 0.29) is 0 Å². The van der Waals surface area contributed by atoms with E-state index in [2.05, 4.69) is 0 Å². The third kappa shape index (κ3) is 3.39. The van der Waals surface area contributed by atoms with Crippen LogP contribution in [-0.2, 0) is 11.8 Å². The smallest absolute Gasteiger partial charge is 0.236 e. The summed E-state index contributed by atoms with van der Waals surface area (Å²) in [6, 6.07) is 9.41. The van der Waals surface area contributed by atoms with Crippen molar-refractivity contribution in [3.05, 3.63) is 30.3 Å². The number of rotatable bonds is 3. The van der Waals surface area contributed by atoms with E-state index in [1.807, 2.05) is 30.3 Å². The Bertz CT molecular complexity index is 315. The molecule has 72 valence electrons. The number of nitrogens with zero attached hydrogens (tertiary/aromatic N) is 1. The third-order valence-electron chi connectivity index (χ3n) is 1.44. The van der Waals surface area contributed by atoms with Gasteiger partial charge in [-0.15, -0.1) is 0 Å². The zero-order valence-electron chi connectivity index (χ0n) is 7.48. The normalized spacial score (nSPS) is 15.7. The Labute approximate surface area is 87.3 Å². The van der Waals surface area contributed by atoms with E-state index in [0.717, 1.165) is 16.3 Å². The lowest BCUT2D eigenvalue weighted by Gasteiger charge is -2.18. The van der Waals surface area contributed by atoms with Gasteiger partial charge in [0.2, 0.25) is 5.70 Å². The van der Waals surface area contributed by atoms with Crippen molar-refractivity contribution in [2.75, 3.05) is 14.1 Å². The van der Waals surface area contributed by atoms with Gasteiger partial charge in [0.1, 0.15) is 0 Å². The lowest BCUT2D eigenvalue weighted by molar-refractivity contribution is 0.639. The lowest BCUT2D eigenvalue weighted by Crippen LogP contribution is -2.01. The zero-order chi connectivity index (χ0) is 9.90. The van der Waals surface area contributed by atoms with Crippen LogP contribution in [0.4, 0.5) is 4.20 Å². The highest BCUT2D eigenvalue weighted by Gasteiger charge is 2.19. The third-order valence-corrected chi connectivity index (χ3v) is 7.04. The largest absolute Gasteiger partial charge is 0.248 e. The van der Waals surface area contributed by atoms with Gasteiger partial charge in [-0.3, -0.25) is 0 Å². The molecule has 0 aliphatic carbocycles. The number of hydrogen-bond acceptors (Lipinski definition) is 2. The maximum atomic E-state index is 13.7. The van der Waals surface area contributed by atoms with Crippen LogP contribution in [0.15, 0.2) is 35.2 Å². The first kappa shape index (κ1) is 11.2. The molecule has 1 nitrogen and oxygen atoms in total. The summed E-state index contributed by atoms with van der Waals surface area (Å²) in [6.45, 7) is 0. The van der Waals surface area contributed by atoms with Gasteiger partial charge < -0.3 is 0 Å². The Hall–Kier alpha value is 0.110. The molecule has 13 heavy (non-hydrogen) atoms. The molecule has 0 N–H and O–H groups in total. The van der Waals surface area contributed by atoms with Gasteiger partial charge in [-0.05, 0) is 49.4 Å². The summed E-state index contributed by atoms with van der Waals surface area (Å²) < 4.78 is 15.2. The van der Waals surface area contributed by atoms with Gasteiger partial charge in [0.05, 0.1) is 0 Å². The second kappa shape index (κ2) is 4.56. The average Bonchev–Trinajstić information content (AvgIpc) is 2.05. The molecular formula is C8H11FNPS2. The molecule has 0 spiro atoms. The molecule has 0 aliphatic rings. The van der Waals surface area contributed by atoms with Crippen molar-refractivity contribution in [2.24, 2.45) is 0 Å². The summed E-state index contributed by atoms with van der Waals surface area (Å²) in [6.07, 6.45) is 0. The molecule has 1 unspecified atom stereocenters. The van der Waals surface area contributed by atoms with Gasteiger partial charge in [0.25, 0.3) is 0 Å². The first-order chi connectivity index (χ1) is 6.02. The SMILES string of the molecule is CN(C)P(F)(=S)Sc1ccccc1. The van der Waals surface area contributed by atoms with E-state index in [1.165, 1.54) is 4.67 Å². The molecule has 1 atom stereocenters. The highest BCUT2D eigenvalue weighted by molar-refractivity contribution is 8.68. The van der Waals surface area contributed by atoms with E-state index >= 15 is 0 Å². The Morgan fingerprint density at radius 2 is 1.85 bits per heavy atom. The summed E-state index contributed by atoms with van der Waals surface area (Å²) in [5, 5.41) is 0. The van der Waals surface area contributed by atoms with Crippen molar-refractivity contribution in [3.8, 4) is 0 Å². The minimum atomic E-state index is -2.90. The lowest BCUT2D eigenvalue weighted by atomic mass is 10.4. The molecule has 0 amide bonds. The van der Waals surface area contributed by atoms with Crippen LogP contribution in [0.1, 0.15) is 0 Å². The van der Waals surface area contributed by atoms with Gasteiger partial charge in [-0.25, -0.2) is 4.67 Å². The monoisotopic (exact) mass is 235 g/mol. The van der Waals surface area contributed by atoms with Crippen LogP contribution in [0.3, 0.4) is 0 Å². The van der Waals surface area contributed by atoms with Gasteiger partial charge in [-0.1, -0.05) is 18.2 Å². The fourth-order valence-electron chi connectivity index (χ4n) is 0.693. The van der Waals surface area contributed by atoms with Crippen molar-refractivity contribution < 1.29 is 4.20 Å². The van der Waals surface area contributed by atoms with Crippen molar-refractivity contribution in [2.45, 2.75) is 4.90 Å². The molecule has 1 rings (SSSR count). The Morgan fingerprint density at radius 3 is 2.31 bits per heavy atom. The molecule has 0 saturated heterocycles. The molecule has 1 aromatic rings. The van der Waals surface area contributed by atoms with Crippen LogP contribution in [0.2, 0.25) is 0 Å². The number of benzene rings is 1. The highest BCUT2D eigenvalue weighted by Crippen LogP contribution is 2.64. The van der Waals surface area contributed by atoms with Crippen LogP contribution < -0.4 is 0 Å². The van der Waals surface area contributed by atoms with Gasteiger partial charge in [0, 0.05) is 4.90 Å². The maximum Gasteiger partial charge on any atom is 0.236 e. The van der Waals surface area contributed by atoms with Crippen molar-refractivity contribution in [3.63, 3.8) is 0 Å². The van der Waals surface area contributed by atoms with Crippen LogP contribution in [0.5, 0.6) is 0 Å². The summed E-state index contributed by atoms with van der Waals surface area (Å²) in [7, 11) is 3.35. The second-order valence-electron chi connectivity index (χ2n) is 2.70. The molecule has 0 bridgehead atoms. The summed E-state index contributed by atoms with van der Waals surface area (Å²) in [5.74, 6) is 0. The maximum absolute atomic E-state index is 13.7. The molecular weight excluding hydrogens is 224 g/mol. The summed E-state index contributed by atoms with van der Waals surface area (Å²) >= 11 is 6.02. The number of hydrogen-bond donors (Lipinski definition) is 0. The van der Waals surface area contributed by atoms with E-state index < -0.39 is 5.70 Å². The molecule has 0 fully saturated rings. The van der Waals surface area contributed by atoms with E-state index in [1.54, 1.807) is 14.1 Å². The molecule has 0 aromatic heterocycles. The van der Waals surface area contributed by atoms with Crippen LogP contribution in [0, 0.1) is 0 Å². The van der Waals surface area contributed by atoms with E-state index in [4.69, 9.17) is 11.8 Å². The second-order valence-corrected chi connectivity index (χ2v) is 9.20. The fraction of sp³-hybridized carbons (Fsp3) is 0.250. The van der Waals surface area contributed by atoms with Crippen molar-refractivity contribution >= 4 is 28.9 Å². The fourth-order valence-corrected chi connectivity index (χ4v) is 3.80. The molecule has 0 saturated carbocycles. The van der Waals surface area contributed by atoms with Crippen LogP contribution >= 0.6 is 17.1 Å².